The van der Waals surface area contributed by atoms with Gasteiger partial charge in [-0.25, -0.2) is 0 Å². The largest absolute Gasteiger partial charge is 0.509 e. The number of aliphatic hydroxyl groups excluding tert-OH is 1. The SMILES string of the molecule is COC1(C)CCC2(CC1)NC(=O)C(c1c(C)cc(C)cc1C)=C2O. The smallest absolute Gasteiger partial charge is 0.256 e. The van der Waals surface area contributed by atoms with Gasteiger partial charge in [0.15, 0.2) is 0 Å². The van der Waals surface area contributed by atoms with Gasteiger partial charge in [0.2, 0.25) is 0 Å². The zero-order valence-electron chi connectivity index (χ0n) is 15.2. The second kappa shape index (κ2) is 5.62. The second-order valence-electron chi connectivity index (χ2n) is 7.69. The number of rotatable bonds is 2. The summed E-state index contributed by atoms with van der Waals surface area (Å²) in [4.78, 5) is 12.7. The third-order valence-electron chi connectivity index (χ3n) is 5.85. The average molecular weight is 329 g/mol. The summed E-state index contributed by atoms with van der Waals surface area (Å²) >= 11 is 0. The van der Waals surface area contributed by atoms with Gasteiger partial charge in [0.25, 0.3) is 5.91 Å². The Morgan fingerprint density at radius 2 is 1.62 bits per heavy atom. The molecule has 4 nitrogen and oxygen atoms in total. The first kappa shape index (κ1) is 17.0. The number of ether oxygens (including phenoxy) is 1. The topological polar surface area (TPSA) is 58.6 Å². The number of aryl methyl sites for hydroxylation is 3. The van der Waals surface area contributed by atoms with Crippen LogP contribution in [-0.4, -0.2) is 29.3 Å². The van der Waals surface area contributed by atoms with Crippen LogP contribution in [0, 0.1) is 20.8 Å². The van der Waals surface area contributed by atoms with Crippen LogP contribution in [-0.2, 0) is 9.53 Å². The first-order valence-corrected chi connectivity index (χ1v) is 8.61. The van der Waals surface area contributed by atoms with Gasteiger partial charge >= 0.3 is 0 Å². The highest BCUT2D eigenvalue weighted by Crippen LogP contribution is 2.45. The summed E-state index contributed by atoms with van der Waals surface area (Å²) in [6, 6.07) is 4.12. The zero-order valence-corrected chi connectivity index (χ0v) is 15.2. The minimum absolute atomic E-state index is 0.163. The first-order valence-electron chi connectivity index (χ1n) is 8.61. The lowest BCUT2D eigenvalue weighted by molar-refractivity contribution is -0.117. The Morgan fingerprint density at radius 3 is 2.12 bits per heavy atom. The number of carbonyl (C=O) groups excluding carboxylic acids is 1. The molecule has 0 atom stereocenters. The number of methoxy groups -OCH3 is 1. The highest BCUT2D eigenvalue weighted by atomic mass is 16.5. The summed E-state index contributed by atoms with van der Waals surface area (Å²) in [6.07, 6.45) is 3.02. The summed E-state index contributed by atoms with van der Waals surface area (Å²) in [5.74, 6) is 0.0456. The fourth-order valence-corrected chi connectivity index (χ4v) is 4.26. The van der Waals surface area contributed by atoms with Crippen LogP contribution < -0.4 is 5.32 Å². The maximum atomic E-state index is 12.7. The normalized spacial score (nSPS) is 30.1. The molecule has 1 aromatic rings. The molecule has 1 aromatic carbocycles. The summed E-state index contributed by atoms with van der Waals surface area (Å²) < 4.78 is 5.60. The molecule has 24 heavy (non-hydrogen) atoms. The van der Waals surface area contributed by atoms with Crippen LogP contribution in [0.1, 0.15) is 54.9 Å². The van der Waals surface area contributed by atoms with Crippen LogP contribution in [0.3, 0.4) is 0 Å². The molecular formula is C20H27NO3. The Morgan fingerprint density at radius 1 is 1.08 bits per heavy atom. The molecule has 3 rings (SSSR count). The van der Waals surface area contributed by atoms with Crippen LogP contribution in [0.4, 0.5) is 0 Å². The molecule has 1 amide bonds. The lowest BCUT2D eigenvalue weighted by Gasteiger charge is -2.42. The average Bonchev–Trinajstić information content (AvgIpc) is 2.75. The molecule has 130 valence electrons. The molecule has 2 aliphatic rings. The van der Waals surface area contributed by atoms with Gasteiger partial charge < -0.3 is 15.2 Å². The Hall–Kier alpha value is -1.81. The standard InChI is InChI=1S/C20H27NO3/c1-12-10-13(2)15(14(3)11-12)16-17(22)20(21-18(16)23)8-6-19(4,24-5)7-9-20/h10-11,22H,6-9H2,1-5H3,(H,21,23). The van der Waals surface area contributed by atoms with Crippen LogP contribution in [0.2, 0.25) is 0 Å². The first-order chi connectivity index (χ1) is 11.2. The number of carbonyl (C=O) groups is 1. The zero-order chi connectivity index (χ0) is 17.7. The molecule has 1 aliphatic heterocycles. The molecule has 0 saturated heterocycles. The quantitative estimate of drug-likeness (QED) is 0.869. The Kier molecular flexibility index (Phi) is 3.99. The third-order valence-corrected chi connectivity index (χ3v) is 5.85. The molecule has 0 bridgehead atoms. The number of hydrogen-bond acceptors (Lipinski definition) is 3. The van der Waals surface area contributed by atoms with Crippen molar-refractivity contribution in [2.24, 2.45) is 0 Å². The van der Waals surface area contributed by atoms with Crippen molar-refractivity contribution in [3.63, 3.8) is 0 Å². The number of nitrogens with one attached hydrogen (secondary N) is 1. The minimum Gasteiger partial charge on any atom is -0.509 e. The molecular weight excluding hydrogens is 302 g/mol. The van der Waals surface area contributed by atoms with E-state index in [0.717, 1.165) is 35.1 Å². The van der Waals surface area contributed by atoms with E-state index in [4.69, 9.17) is 4.74 Å². The number of aliphatic hydroxyl groups is 1. The van der Waals surface area contributed by atoms with Gasteiger partial charge in [-0.1, -0.05) is 17.7 Å². The summed E-state index contributed by atoms with van der Waals surface area (Å²) in [6.45, 7) is 8.13. The molecule has 4 heteroatoms. The van der Waals surface area contributed by atoms with Gasteiger partial charge in [0.05, 0.1) is 16.7 Å². The Balaban J connectivity index is 2.04. The van der Waals surface area contributed by atoms with Crippen molar-refractivity contribution in [2.45, 2.75) is 64.5 Å². The van der Waals surface area contributed by atoms with Gasteiger partial charge in [0.1, 0.15) is 5.76 Å². The van der Waals surface area contributed by atoms with Crippen LogP contribution >= 0.6 is 0 Å². The van der Waals surface area contributed by atoms with Gasteiger partial charge in [-0.15, -0.1) is 0 Å². The van der Waals surface area contributed by atoms with Gasteiger partial charge in [-0.3, -0.25) is 4.79 Å². The number of amides is 1. The molecule has 1 heterocycles. The summed E-state index contributed by atoms with van der Waals surface area (Å²) in [7, 11) is 1.73. The molecule has 1 saturated carbocycles. The van der Waals surface area contributed by atoms with Crippen LogP contribution in [0.5, 0.6) is 0 Å². The van der Waals surface area contributed by atoms with Crippen molar-refractivity contribution in [3.8, 4) is 0 Å². The monoisotopic (exact) mass is 329 g/mol. The van der Waals surface area contributed by atoms with Crippen LogP contribution in [0.25, 0.3) is 5.57 Å². The van der Waals surface area contributed by atoms with Crippen molar-refractivity contribution >= 4 is 11.5 Å². The maximum Gasteiger partial charge on any atom is 0.256 e. The fraction of sp³-hybridized carbons (Fsp3) is 0.550. The van der Waals surface area contributed by atoms with E-state index in [1.807, 2.05) is 20.8 Å². The third kappa shape index (κ3) is 2.53. The number of hydrogen-bond donors (Lipinski definition) is 2. The van der Waals surface area contributed by atoms with Crippen molar-refractivity contribution in [1.29, 1.82) is 0 Å². The molecule has 1 fully saturated rings. The van der Waals surface area contributed by atoms with Crippen molar-refractivity contribution in [1.82, 2.24) is 5.32 Å². The second-order valence-corrected chi connectivity index (χ2v) is 7.69. The summed E-state index contributed by atoms with van der Waals surface area (Å²) in [5, 5.41) is 14.1. The molecule has 0 radical (unpaired) electrons. The van der Waals surface area contributed by atoms with E-state index < -0.39 is 5.54 Å². The van der Waals surface area contributed by atoms with Crippen molar-refractivity contribution in [3.05, 3.63) is 40.1 Å². The molecule has 2 N–H and O–H groups in total. The predicted octanol–water partition coefficient (Wildman–Crippen LogP) is 3.73. The summed E-state index contributed by atoms with van der Waals surface area (Å²) in [5.41, 5.74) is 3.73. The van der Waals surface area contributed by atoms with Gasteiger partial charge in [0, 0.05) is 7.11 Å². The maximum absolute atomic E-state index is 12.7. The van der Waals surface area contributed by atoms with E-state index >= 15 is 0 Å². The Bertz CT molecular complexity index is 701. The fourth-order valence-electron chi connectivity index (χ4n) is 4.26. The van der Waals surface area contributed by atoms with E-state index in [0.29, 0.717) is 18.4 Å². The lowest BCUT2D eigenvalue weighted by atomic mass is 9.74. The van der Waals surface area contributed by atoms with E-state index in [-0.39, 0.29) is 17.3 Å². The molecule has 0 aromatic heterocycles. The molecule has 1 spiro atoms. The van der Waals surface area contributed by atoms with E-state index in [9.17, 15) is 9.90 Å². The van der Waals surface area contributed by atoms with Crippen molar-refractivity contribution < 1.29 is 14.6 Å². The highest BCUT2D eigenvalue weighted by molar-refractivity contribution is 6.24. The Labute approximate surface area is 143 Å². The minimum atomic E-state index is -0.631. The van der Waals surface area contributed by atoms with E-state index in [1.54, 1.807) is 7.11 Å². The van der Waals surface area contributed by atoms with Gasteiger partial charge in [-0.2, -0.15) is 0 Å². The van der Waals surface area contributed by atoms with E-state index in [1.165, 1.54) is 0 Å². The molecule has 1 aliphatic carbocycles. The lowest BCUT2D eigenvalue weighted by Crippen LogP contribution is -2.51. The predicted molar refractivity (Wildman–Crippen MR) is 95.0 cm³/mol. The van der Waals surface area contributed by atoms with Gasteiger partial charge in [-0.05, 0) is 70.1 Å². The van der Waals surface area contributed by atoms with Crippen molar-refractivity contribution in [2.75, 3.05) is 7.11 Å². The van der Waals surface area contributed by atoms with E-state index in [2.05, 4.69) is 24.4 Å². The molecule has 0 unspecified atom stereocenters. The van der Waals surface area contributed by atoms with Crippen LogP contribution in [0.15, 0.2) is 17.9 Å². The highest BCUT2D eigenvalue weighted by Gasteiger charge is 2.50. The number of benzene rings is 1.